The fourth-order valence-electron chi connectivity index (χ4n) is 4.34. The first-order chi connectivity index (χ1) is 11.4. The summed E-state index contributed by atoms with van der Waals surface area (Å²) in [6.45, 7) is 0.631. The Morgan fingerprint density at radius 1 is 1.21 bits per heavy atom. The third-order valence-corrected chi connectivity index (χ3v) is 7.66. The van der Waals surface area contributed by atoms with Gasteiger partial charge in [-0.15, -0.1) is 0 Å². The van der Waals surface area contributed by atoms with Crippen LogP contribution >= 0.6 is 0 Å². The standard InChI is InChI=1S/C16H28N2O5S/c1-18-10-11-9-12(7-8-13(11)23-16(18)19)17-24(20,21)15-6-4-3-5-14(15)22-2/h11-15,17H,3-10H2,1-2H3. The second kappa shape index (κ2) is 7.17. The van der Waals surface area contributed by atoms with E-state index in [1.165, 1.54) is 0 Å². The van der Waals surface area contributed by atoms with Crippen molar-refractivity contribution in [2.75, 3.05) is 20.7 Å². The highest BCUT2D eigenvalue weighted by Gasteiger charge is 2.42. The zero-order valence-corrected chi connectivity index (χ0v) is 15.3. The predicted molar refractivity (Wildman–Crippen MR) is 89.1 cm³/mol. The average Bonchev–Trinajstić information content (AvgIpc) is 2.56. The SMILES string of the molecule is COC1CCCCC1S(=O)(=O)NC1CCC2OC(=O)N(C)CC2C1. The minimum atomic E-state index is -3.40. The second-order valence-electron chi connectivity index (χ2n) is 7.33. The Kier molecular flexibility index (Phi) is 5.36. The number of carbonyl (C=O) groups is 1. The molecule has 5 atom stereocenters. The number of carbonyl (C=O) groups excluding carboxylic acids is 1. The largest absolute Gasteiger partial charge is 0.446 e. The molecule has 1 amide bonds. The molecule has 0 radical (unpaired) electrons. The molecule has 1 saturated heterocycles. The van der Waals surface area contributed by atoms with E-state index in [9.17, 15) is 13.2 Å². The molecule has 1 aliphatic heterocycles. The van der Waals surface area contributed by atoms with Gasteiger partial charge in [0.25, 0.3) is 0 Å². The van der Waals surface area contributed by atoms with Crippen LogP contribution in [0.4, 0.5) is 4.79 Å². The molecule has 1 heterocycles. The van der Waals surface area contributed by atoms with E-state index in [-0.39, 0.29) is 30.3 Å². The normalized spacial score (nSPS) is 37.7. The van der Waals surface area contributed by atoms with Gasteiger partial charge in [-0.1, -0.05) is 12.8 Å². The van der Waals surface area contributed by atoms with Crippen molar-refractivity contribution in [3.63, 3.8) is 0 Å². The van der Waals surface area contributed by atoms with Gasteiger partial charge in [-0.3, -0.25) is 0 Å². The van der Waals surface area contributed by atoms with E-state index in [4.69, 9.17) is 9.47 Å². The fraction of sp³-hybridized carbons (Fsp3) is 0.938. The molecule has 2 saturated carbocycles. The van der Waals surface area contributed by atoms with Crippen molar-refractivity contribution >= 4 is 16.1 Å². The zero-order valence-electron chi connectivity index (χ0n) is 14.4. The number of sulfonamides is 1. The Morgan fingerprint density at radius 3 is 2.71 bits per heavy atom. The number of hydrogen-bond acceptors (Lipinski definition) is 5. The molecular formula is C16H28N2O5S. The molecule has 0 spiro atoms. The van der Waals surface area contributed by atoms with Gasteiger partial charge in [0.2, 0.25) is 10.0 Å². The number of methoxy groups -OCH3 is 1. The van der Waals surface area contributed by atoms with Crippen LogP contribution in [0.3, 0.4) is 0 Å². The average molecular weight is 360 g/mol. The highest BCUT2D eigenvalue weighted by molar-refractivity contribution is 7.90. The Balaban J connectivity index is 1.62. The van der Waals surface area contributed by atoms with Crippen molar-refractivity contribution in [3.8, 4) is 0 Å². The Morgan fingerprint density at radius 2 is 1.96 bits per heavy atom. The van der Waals surface area contributed by atoms with Crippen LogP contribution in [-0.2, 0) is 19.5 Å². The monoisotopic (exact) mass is 360 g/mol. The van der Waals surface area contributed by atoms with Crippen molar-refractivity contribution in [2.24, 2.45) is 5.92 Å². The molecule has 8 heteroatoms. The highest BCUT2D eigenvalue weighted by atomic mass is 32.2. The molecule has 0 aromatic carbocycles. The lowest BCUT2D eigenvalue weighted by Crippen LogP contribution is -2.54. The molecule has 3 rings (SSSR count). The number of nitrogens with zero attached hydrogens (tertiary/aromatic N) is 1. The van der Waals surface area contributed by atoms with Crippen molar-refractivity contribution in [1.82, 2.24) is 9.62 Å². The van der Waals surface area contributed by atoms with Gasteiger partial charge in [-0.25, -0.2) is 17.9 Å². The first-order valence-electron chi connectivity index (χ1n) is 8.86. The summed E-state index contributed by atoms with van der Waals surface area (Å²) in [5, 5.41) is -0.458. The number of rotatable bonds is 4. The molecule has 24 heavy (non-hydrogen) atoms. The van der Waals surface area contributed by atoms with Crippen molar-refractivity contribution < 1.29 is 22.7 Å². The van der Waals surface area contributed by atoms with E-state index in [0.29, 0.717) is 25.8 Å². The van der Waals surface area contributed by atoms with E-state index in [1.54, 1.807) is 19.1 Å². The van der Waals surface area contributed by atoms with Gasteiger partial charge in [0, 0.05) is 32.7 Å². The Labute approximate surface area is 144 Å². The van der Waals surface area contributed by atoms with Crippen LogP contribution in [0, 0.1) is 5.92 Å². The quantitative estimate of drug-likeness (QED) is 0.821. The first kappa shape index (κ1) is 17.9. The zero-order chi connectivity index (χ0) is 17.3. The van der Waals surface area contributed by atoms with E-state index in [1.807, 2.05) is 0 Å². The van der Waals surface area contributed by atoms with E-state index >= 15 is 0 Å². The van der Waals surface area contributed by atoms with Crippen LogP contribution in [0.1, 0.15) is 44.9 Å². The van der Waals surface area contributed by atoms with Gasteiger partial charge >= 0.3 is 6.09 Å². The molecule has 3 aliphatic rings. The van der Waals surface area contributed by atoms with Crippen LogP contribution in [0.25, 0.3) is 0 Å². The van der Waals surface area contributed by atoms with Crippen molar-refractivity contribution in [3.05, 3.63) is 0 Å². The molecule has 138 valence electrons. The molecule has 5 unspecified atom stereocenters. The third-order valence-electron chi connectivity index (χ3n) is 5.66. The molecule has 7 nitrogen and oxygen atoms in total. The van der Waals surface area contributed by atoms with Gasteiger partial charge in [0.15, 0.2) is 0 Å². The van der Waals surface area contributed by atoms with Gasteiger partial charge in [-0.2, -0.15) is 0 Å². The Bertz CT molecular complexity index is 567. The van der Waals surface area contributed by atoms with Crippen LogP contribution < -0.4 is 4.72 Å². The van der Waals surface area contributed by atoms with E-state index in [0.717, 1.165) is 25.7 Å². The smallest absolute Gasteiger partial charge is 0.409 e. The topological polar surface area (TPSA) is 84.9 Å². The highest BCUT2D eigenvalue weighted by Crippen LogP contribution is 2.33. The molecule has 0 aromatic rings. The molecule has 0 aromatic heterocycles. The number of nitrogens with one attached hydrogen (secondary N) is 1. The summed E-state index contributed by atoms with van der Waals surface area (Å²) in [6.07, 6.45) is 5.00. The summed E-state index contributed by atoms with van der Waals surface area (Å²) < 4.78 is 39.4. The summed E-state index contributed by atoms with van der Waals surface area (Å²) >= 11 is 0. The molecule has 1 N–H and O–H groups in total. The fourth-order valence-corrected chi connectivity index (χ4v) is 6.32. The molecule has 2 aliphatic carbocycles. The maximum Gasteiger partial charge on any atom is 0.409 e. The number of fused-ring (bicyclic) bond motifs is 1. The van der Waals surface area contributed by atoms with Gasteiger partial charge in [0.1, 0.15) is 11.4 Å². The maximum atomic E-state index is 12.8. The third kappa shape index (κ3) is 3.70. The number of hydrogen-bond donors (Lipinski definition) is 1. The predicted octanol–water partition coefficient (Wildman–Crippen LogP) is 1.48. The summed E-state index contributed by atoms with van der Waals surface area (Å²) in [4.78, 5) is 13.2. The molecule has 0 bridgehead atoms. The van der Waals surface area contributed by atoms with Gasteiger partial charge < -0.3 is 14.4 Å². The minimum Gasteiger partial charge on any atom is -0.446 e. The second-order valence-corrected chi connectivity index (χ2v) is 9.26. The summed E-state index contributed by atoms with van der Waals surface area (Å²) in [5.41, 5.74) is 0. The van der Waals surface area contributed by atoms with Crippen molar-refractivity contribution in [2.45, 2.75) is 68.4 Å². The van der Waals surface area contributed by atoms with E-state index < -0.39 is 15.3 Å². The summed E-state index contributed by atoms with van der Waals surface area (Å²) in [7, 11) is -0.0898. The van der Waals surface area contributed by atoms with Crippen LogP contribution in [-0.4, -0.2) is 63.6 Å². The van der Waals surface area contributed by atoms with Crippen LogP contribution in [0.5, 0.6) is 0 Å². The van der Waals surface area contributed by atoms with Crippen molar-refractivity contribution in [1.29, 1.82) is 0 Å². The lowest BCUT2D eigenvalue weighted by Gasteiger charge is -2.42. The first-order valence-corrected chi connectivity index (χ1v) is 10.4. The summed E-state index contributed by atoms with van der Waals surface area (Å²) in [5.74, 6) is 0.193. The Hall–Kier alpha value is -0.860. The van der Waals surface area contributed by atoms with Crippen LogP contribution in [0.2, 0.25) is 0 Å². The van der Waals surface area contributed by atoms with Crippen LogP contribution in [0.15, 0.2) is 0 Å². The lowest BCUT2D eigenvalue weighted by molar-refractivity contribution is -0.0279. The van der Waals surface area contributed by atoms with Gasteiger partial charge in [-0.05, 0) is 32.1 Å². The van der Waals surface area contributed by atoms with Gasteiger partial charge in [0.05, 0.1) is 6.10 Å². The number of ether oxygens (including phenoxy) is 2. The lowest BCUT2D eigenvalue weighted by atomic mass is 9.82. The molecular weight excluding hydrogens is 332 g/mol. The summed E-state index contributed by atoms with van der Waals surface area (Å²) in [6, 6.07) is -0.0825. The minimum absolute atomic E-state index is 0.0733. The number of amides is 1. The molecule has 3 fully saturated rings. The maximum absolute atomic E-state index is 12.8. The van der Waals surface area contributed by atoms with E-state index in [2.05, 4.69) is 4.72 Å².